The number of nitrogens with zero attached hydrogens (tertiary/aromatic N) is 1. The maximum atomic E-state index is 12.4. The number of primary sulfonamides is 1. The van der Waals surface area contributed by atoms with E-state index in [4.69, 9.17) is 5.14 Å². The van der Waals surface area contributed by atoms with Gasteiger partial charge in [-0.1, -0.05) is 6.08 Å². The molecule has 0 aliphatic carbocycles. The molecule has 0 radical (unpaired) electrons. The number of rotatable bonds is 7. The van der Waals surface area contributed by atoms with Crippen LogP contribution in [0, 0.1) is 5.92 Å². The van der Waals surface area contributed by atoms with Crippen molar-refractivity contribution in [1.82, 2.24) is 4.90 Å². The number of piperidine rings is 1. The number of hydrogen-bond donors (Lipinski definition) is 2. The summed E-state index contributed by atoms with van der Waals surface area (Å²) in [6, 6.07) is 5.72. The van der Waals surface area contributed by atoms with Crippen LogP contribution in [-0.2, 0) is 19.6 Å². The summed E-state index contributed by atoms with van der Waals surface area (Å²) in [7, 11) is -3.75. The first-order valence-electron chi connectivity index (χ1n) is 8.21. The van der Waals surface area contributed by atoms with Gasteiger partial charge in [0.05, 0.1) is 10.6 Å². The molecular weight excluding hydrogens is 374 g/mol. The van der Waals surface area contributed by atoms with E-state index in [0.29, 0.717) is 37.4 Å². The molecule has 2 amide bonds. The number of nitrogens with one attached hydrogen (secondary N) is 1. The molecule has 2 rings (SSSR count). The number of likely N-dealkylation sites (tertiary alicyclic amines) is 1. The predicted octanol–water partition coefficient (Wildman–Crippen LogP) is 1.43. The lowest BCUT2D eigenvalue weighted by Gasteiger charge is -2.31. The van der Waals surface area contributed by atoms with Gasteiger partial charge in [0.2, 0.25) is 21.8 Å². The first kappa shape index (κ1) is 20.5. The van der Waals surface area contributed by atoms with Crippen LogP contribution in [-0.4, -0.2) is 49.7 Å². The maximum absolute atomic E-state index is 12.4. The normalized spacial score (nSPS) is 15.5. The van der Waals surface area contributed by atoms with Crippen molar-refractivity contribution in [2.45, 2.75) is 17.7 Å². The smallest absolute Gasteiger partial charge is 0.238 e. The Morgan fingerprint density at radius 1 is 1.27 bits per heavy atom. The SMILES string of the molecule is C=CCSCC(=O)N1CCC(C(=O)Nc2ccc(S(N)(=O)=O)cc2)CC1. The van der Waals surface area contributed by atoms with Crippen molar-refractivity contribution in [2.75, 3.05) is 29.9 Å². The number of thioether (sulfide) groups is 1. The zero-order valence-corrected chi connectivity index (χ0v) is 16.0. The number of hydrogen-bond acceptors (Lipinski definition) is 5. The topological polar surface area (TPSA) is 110 Å². The van der Waals surface area contributed by atoms with Gasteiger partial charge in [-0.05, 0) is 37.1 Å². The van der Waals surface area contributed by atoms with Crippen molar-refractivity contribution >= 4 is 39.3 Å². The zero-order chi connectivity index (χ0) is 19.2. The van der Waals surface area contributed by atoms with E-state index in [2.05, 4.69) is 11.9 Å². The second-order valence-electron chi connectivity index (χ2n) is 6.02. The predicted molar refractivity (Wildman–Crippen MR) is 103 cm³/mol. The van der Waals surface area contributed by atoms with Crippen molar-refractivity contribution in [3.8, 4) is 0 Å². The van der Waals surface area contributed by atoms with Gasteiger partial charge in [0.15, 0.2) is 0 Å². The molecule has 1 aliphatic heterocycles. The molecule has 1 aromatic carbocycles. The Labute approximate surface area is 158 Å². The number of carbonyl (C=O) groups excluding carboxylic acids is 2. The van der Waals surface area contributed by atoms with Crippen LogP contribution in [0.4, 0.5) is 5.69 Å². The Balaban J connectivity index is 1.83. The lowest BCUT2D eigenvalue weighted by Crippen LogP contribution is -2.42. The average molecular weight is 398 g/mol. The molecule has 9 heteroatoms. The number of anilines is 1. The molecule has 1 saturated heterocycles. The fourth-order valence-corrected chi connectivity index (χ4v) is 3.84. The maximum Gasteiger partial charge on any atom is 0.238 e. The van der Waals surface area contributed by atoms with E-state index >= 15 is 0 Å². The second-order valence-corrected chi connectivity index (χ2v) is 8.61. The molecule has 0 bridgehead atoms. The summed E-state index contributed by atoms with van der Waals surface area (Å²) < 4.78 is 22.5. The summed E-state index contributed by atoms with van der Waals surface area (Å²) in [5, 5.41) is 7.83. The lowest BCUT2D eigenvalue weighted by atomic mass is 9.96. The molecular formula is C17H23N3O4S2. The second kappa shape index (κ2) is 9.20. The van der Waals surface area contributed by atoms with Gasteiger partial charge in [0.1, 0.15) is 0 Å². The molecule has 0 aromatic heterocycles. The van der Waals surface area contributed by atoms with Crippen LogP contribution in [0.25, 0.3) is 0 Å². The van der Waals surface area contributed by atoms with Crippen LogP contribution in [0.15, 0.2) is 41.8 Å². The Morgan fingerprint density at radius 2 is 1.88 bits per heavy atom. The van der Waals surface area contributed by atoms with Crippen molar-refractivity contribution in [2.24, 2.45) is 11.1 Å². The molecule has 1 aliphatic rings. The van der Waals surface area contributed by atoms with Crippen LogP contribution in [0.2, 0.25) is 0 Å². The van der Waals surface area contributed by atoms with Gasteiger partial charge in [0.25, 0.3) is 0 Å². The van der Waals surface area contributed by atoms with Gasteiger partial charge in [0, 0.05) is 30.4 Å². The monoisotopic (exact) mass is 397 g/mol. The molecule has 0 spiro atoms. The summed E-state index contributed by atoms with van der Waals surface area (Å²) in [5.41, 5.74) is 0.515. The Morgan fingerprint density at radius 3 is 2.42 bits per heavy atom. The molecule has 1 heterocycles. The van der Waals surface area contributed by atoms with E-state index in [1.807, 2.05) is 0 Å². The molecule has 1 aromatic rings. The first-order valence-corrected chi connectivity index (χ1v) is 10.9. The van der Waals surface area contributed by atoms with Gasteiger partial charge >= 0.3 is 0 Å². The zero-order valence-electron chi connectivity index (χ0n) is 14.4. The van der Waals surface area contributed by atoms with Crippen LogP contribution < -0.4 is 10.5 Å². The van der Waals surface area contributed by atoms with E-state index in [1.54, 1.807) is 11.0 Å². The van der Waals surface area contributed by atoms with Crippen molar-refractivity contribution < 1.29 is 18.0 Å². The number of amides is 2. The Bertz CT molecular complexity index is 755. The minimum atomic E-state index is -3.75. The minimum absolute atomic E-state index is 0.00311. The molecule has 1 fully saturated rings. The van der Waals surface area contributed by atoms with Crippen molar-refractivity contribution in [1.29, 1.82) is 0 Å². The summed E-state index contributed by atoms with van der Waals surface area (Å²) >= 11 is 1.53. The van der Waals surface area contributed by atoms with Crippen molar-refractivity contribution in [3.63, 3.8) is 0 Å². The third kappa shape index (κ3) is 5.86. The Hall–Kier alpha value is -1.84. The van der Waals surface area contributed by atoms with Crippen LogP contribution in [0.5, 0.6) is 0 Å². The lowest BCUT2D eigenvalue weighted by molar-refractivity contribution is -0.132. The third-order valence-corrected chi connectivity index (χ3v) is 5.98. The number of carbonyl (C=O) groups is 2. The average Bonchev–Trinajstić information content (AvgIpc) is 2.61. The van der Waals surface area contributed by atoms with E-state index in [-0.39, 0.29) is 22.6 Å². The van der Waals surface area contributed by atoms with Crippen LogP contribution in [0.3, 0.4) is 0 Å². The van der Waals surface area contributed by atoms with E-state index in [9.17, 15) is 18.0 Å². The first-order chi connectivity index (χ1) is 12.3. The molecule has 142 valence electrons. The largest absolute Gasteiger partial charge is 0.342 e. The number of nitrogens with two attached hydrogens (primary N) is 1. The highest BCUT2D eigenvalue weighted by atomic mass is 32.2. The van der Waals surface area contributed by atoms with Gasteiger partial charge in [-0.25, -0.2) is 13.6 Å². The van der Waals surface area contributed by atoms with Gasteiger partial charge < -0.3 is 10.2 Å². The highest BCUT2D eigenvalue weighted by Crippen LogP contribution is 2.21. The van der Waals surface area contributed by atoms with Gasteiger partial charge in [-0.2, -0.15) is 0 Å². The fraction of sp³-hybridized carbons (Fsp3) is 0.412. The highest BCUT2D eigenvalue weighted by molar-refractivity contribution is 8.00. The van der Waals surface area contributed by atoms with Gasteiger partial charge in [-0.3, -0.25) is 9.59 Å². The third-order valence-electron chi connectivity index (χ3n) is 4.13. The van der Waals surface area contributed by atoms with Gasteiger partial charge in [-0.15, -0.1) is 18.3 Å². The summed E-state index contributed by atoms with van der Waals surface area (Å²) in [6.45, 7) is 4.76. The summed E-state index contributed by atoms with van der Waals surface area (Å²) in [4.78, 5) is 26.2. The summed E-state index contributed by atoms with van der Waals surface area (Å²) in [5.74, 6) is 0.974. The molecule has 7 nitrogen and oxygen atoms in total. The number of sulfonamides is 1. The van der Waals surface area contributed by atoms with Crippen LogP contribution in [0.1, 0.15) is 12.8 Å². The summed E-state index contributed by atoms with van der Waals surface area (Å²) in [6.07, 6.45) is 2.99. The van der Waals surface area contributed by atoms with E-state index in [0.717, 1.165) is 5.75 Å². The number of benzene rings is 1. The Kier molecular flexibility index (Phi) is 7.24. The fourth-order valence-electron chi connectivity index (χ4n) is 2.68. The van der Waals surface area contributed by atoms with Crippen LogP contribution >= 0.6 is 11.8 Å². The highest BCUT2D eigenvalue weighted by Gasteiger charge is 2.27. The molecule has 0 saturated carbocycles. The molecule has 3 N–H and O–H groups in total. The quantitative estimate of drug-likeness (QED) is 0.534. The molecule has 0 atom stereocenters. The van der Waals surface area contributed by atoms with Crippen molar-refractivity contribution in [3.05, 3.63) is 36.9 Å². The minimum Gasteiger partial charge on any atom is -0.342 e. The molecule has 26 heavy (non-hydrogen) atoms. The molecule has 0 unspecified atom stereocenters. The van der Waals surface area contributed by atoms with E-state index in [1.165, 1.54) is 36.0 Å². The van der Waals surface area contributed by atoms with E-state index < -0.39 is 10.0 Å². The standard InChI is InChI=1S/C17H23N3O4S2/c1-2-11-25-12-16(21)20-9-7-13(8-10-20)17(22)19-14-3-5-15(6-4-14)26(18,23)24/h2-6,13H,1,7-12H2,(H,19,22)(H2,18,23,24).